The Morgan fingerprint density at radius 2 is 2.43 bits per heavy atom. The molecule has 0 aliphatic rings. The van der Waals surface area contributed by atoms with E-state index in [9.17, 15) is 4.79 Å². The third-order valence-corrected chi connectivity index (χ3v) is 2.51. The van der Waals surface area contributed by atoms with E-state index in [1.165, 1.54) is 6.33 Å². The molecule has 0 spiro atoms. The lowest BCUT2D eigenvalue weighted by atomic mass is 10.00. The van der Waals surface area contributed by atoms with Gasteiger partial charge in [0.2, 0.25) is 0 Å². The fourth-order valence-electron chi connectivity index (χ4n) is 1.24. The summed E-state index contributed by atoms with van der Waals surface area (Å²) in [7, 11) is 0. The molecule has 0 aromatic carbocycles. The Balaban J connectivity index is 2.99. The fraction of sp³-hybridized carbons (Fsp3) is 0.444. The minimum atomic E-state index is -0.841. The summed E-state index contributed by atoms with van der Waals surface area (Å²) in [6.45, 7) is 1.95. The van der Waals surface area contributed by atoms with Crippen molar-refractivity contribution < 1.29 is 9.90 Å². The summed E-state index contributed by atoms with van der Waals surface area (Å²) in [6, 6.07) is 0. The molecule has 1 heterocycles. The van der Waals surface area contributed by atoms with Gasteiger partial charge in [0, 0.05) is 6.20 Å². The fourth-order valence-corrected chi connectivity index (χ4v) is 1.74. The van der Waals surface area contributed by atoms with Gasteiger partial charge in [-0.25, -0.2) is 9.97 Å². The first-order valence-corrected chi connectivity index (χ1v) is 5.14. The summed E-state index contributed by atoms with van der Waals surface area (Å²) in [4.78, 5) is 18.7. The number of rotatable bonds is 4. The Labute approximate surface area is 90.5 Å². The molecule has 1 unspecified atom stereocenters. The van der Waals surface area contributed by atoms with Crippen molar-refractivity contribution in [3.8, 4) is 0 Å². The summed E-state index contributed by atoms with van der Waals surface area (Å²) in [5.41, 5.74) is 0.550. The maximum Gasteiger partial charge on any atom is 0.312 e. The van der Waals surface area contributed by atoms with Crippen LogP contribution in [0.15, 0.2) is 17.0 Å². The van der Waals surface area contributed by atoms with Crippen LogP contribution in [0.4, 0.5) is 0 Å². The Hall–Kier alpha value is -0.970. The van der Waals surface area contributed by atoms with E-state index in [0.29, 0.717) is 16.6 Å². The minimum absolute atomic E-state index is 0.544. The molecule has 0 aliphatic heterocycles. The zero-order chi connectivity index (χ0) is 10.6. The van der Waals surface area contributed by atoms with Gasteiger partial charge in [-0.15, -0.1) is 0 Å². The Kier molecular flexibility index (Phi) is 4.00. The highest BCUT2D eigenvalue weighted by Gasteiger charge is 2.22. The lowest BCUT2D eigenvalue weighted by Crippen LogP contribution is -2.13. The summed E-state index contributed by atoms with van der Waals surface area (Å²) in [5, 5.41) is 9.00. The van der Waals surface area contributed by atoms with Crippen LogP contribution in [-0.2, 0) is 4.79 Å². The van der Waals surface area contributed by atoms with Crippen molar-refractivity contribution in [1.29, 1.82) is 0 Å². The van der Waals surface area contributed by atoms with Crippen LogP contribution in [0.25, 0.3) is 0 Å². The SMILES string of the molecule is CCCC(C(=O)O)c1ncncc1Br. The number of carbonyl (C=O) groups is 1. The molecular formula is C9H11BrN2O2. The lowest BCUT2D eigenvalue weighted by molar-refractivity contribution is -0.139. The second kappa shape index (κ2) is 5.05. The average molecular weight is 259 g/mol. The molecule has 4 nitrogen and oxygen atoms in total. The van der Waals surface area contributed by atoms with E-state index in [4.69, 9.17) is 5.11 Å². The number of carboxylic acid groups (broad SMARTS) is 1. The predicted molar refractivity (Wildman–Crippen MR) is 55.0 cm³/mol. The topological polar surface area (TPSA) is 63.1 Å². The van der Waals surface area contributed by atoms with Gasteiger partial charge >= 0.3 is 5.97 Å². The summed E-state index contributed by atoms with van der Waals surface area (Å²) in [6.07, 6.45) is 4.33. The van der Waals surface area contributed by atoms with Gasteiger partial charge in [-0.1, -0.05) is 13.3 Å². The molecule has 14 heavy (non-hydrogen) atoms. The Morgan fingerprint density at radius 1 is 1.71 bits per heavy atom. The van der Waals surface area contributed by atoms with E-state index in [-0.39, 0.29) is 0 Å². The van der Waals surface area contributed by atoms with Crippen molar-refractivity contribution in [2.45, 2.75) is 25.7 Å². The van der Waals surface area contributed by atoms with Crippen LogP contribution in [-0.4, -0.2) is 21.0 Å². The highest BCUT2D eigenvalue weighted by molar-refractivity contribution is 9.10. The van der Waals surface area contributed by atoms with Gasteiger partial charge in [0.15, 0.2) is 0 Å². The normalized spacial score (nSPS) is 12.4. The molecule has 1 N–H and O–H groups in total. The third-order valence-electron chi connectivity index (χ3n) is 1.90. The highest BCUT2D eigenvalue weighted by Crippen LogP contribution is 2.25. The smallest absolute Gasteiger partial charge is 0.312 e. The monoisotopic (exact) mass is 258 g/mol. The first-order chi connectivity index (χ1) is 6.66. The van der Waals surface area contributed by atoms with Gasteiger partial charge in [0.05, 0.1) is 10.2 Å². The van der Waals surface area contributed by atoms with Crippen LogP contribution in [0, 0.1) is 0 Å². The lowest BCUT2D eigenvalue weighted by Gasteiger charge is -2.11. The number of aliphatic carboxylic acids is 1. The van der Waals surface area contributed by atoms with Gasteiger partial charge in [-0.2, -0.15) is 0 Å². The number of hydrogen-bond acceptors (Lipinski definition) is 3. The molecule has 0 saturated carbocycles. The van der Waals surface area contributed by atoms with Crippen LogP contribution >= 0.6 is 15.9 Å². The highest BCUT2D eigenvalue weighted by atomic mass is 79.9. The molecular weight excluding hydrogens is 248 g/mol. The number of aromatic nitrogens is 2. The van der Waals surface area contributed by atoms with E-state index in [2.05, 4.69) is 25.9 Å². The van der Waals surface area contributed by atoms with Crippen molar-refractivity contribution >= 4 is 21.9 Å². The van der Waals surface area contributed by atoms with Crippen molar-refractivity contribution in [3.05, 3.63) is 22.7 Å². The zero-order valence-electron chi connectivity index (χ0n) is 7.77. The molecule has 1 aromatic heterocycles. The van der Waals surface area contributed by atoms with Gasteiger partial charge < -0.3 is 5.11 Å². The summed E-state index contributed by atoms with van der Waals surface area (Å²) >= 11 is 3.25. The standard InChI is InChI=1S/C9H11BrN2O2/c1-2-3-6(9(13)14)8-7(10)4-11-5-12-8/h4-6H,2-3H2,1H3,(H,13,14). The maximum atomic E-state index is 11.0. The van der Waals surface area contributed by atoms with E-state index < -0.39 is 11.9 Å². The van der Waals surface area contributed by atoms with E-state index >= 15 is 0 Å². The quantitative estimate of drug-likeness (QED) is 0.900. The molecule has 0 aliphatic carbocycles. The van der Waals surface area contributed by atoms with E-state index in [0.717, 1.165) is 6.42 Å². The second-order valence-electron chi connectivity index (χ2n) is 2.94. The second-order valence-corrected chi connectivity index (χ2v) is 3.79. The van der Waals surface area contributed by atoms with E-state index in [1.807, 2.05) is 6.92 Å². The predicted octanol–water partition coefficient (Wildman–Crippen LogP) is 2.21. The molecule has 0 saturated heterocycles. The molecule has 0 fully saturated rings. The van der Waals surface area contributed by atoms with Crippen molar-refractivity contribution in [1.82, 2.24) is 9.97 Å². The molecule has 76 valence electrons. The van der Waals surface area contributed by atoms with Crippen LogP contribution in [0.2, 0.25) is 0 Å². The van der Waals surface area contributed by atoms with Crippen LogP contribution < -0.4 is 0 Å². The average Bonchev–Trinajstić information content (AvgIpc) is 2.15. The van der Waals surface area contributed by atoms with Crippen LogP contribution in [0.1, 0.15) is 31.4 Å². The zero-order valence-corrected chi connectivity index (χ0v) is 9.36. The molecule has 1 rings (SSSR count). The molecule has 1 aromatic rings. The van der Waals surface area contributed by atoms with Crippen LogP contribution in [0.3, 0.4) is 0 Å². The van der Waals surface area contributed by atoms with Crippen LogP contribution in [0.5, 0.6) is 0 Å². The van der Waals surface area contributed by atoms with Gasteiger partial charge in [0.25, 0.3) is 0 Å². The largest absolute Gasteiger partial charge is 0.481 e. The molecule has 0 bridgehead atoms. The minimum Gasteiger partial charge on any atom is -0.481 e. The molecule has 1 atom stereocenters. The molecule has 0 radical (unpaired) electrons. The number of hydrogen-bond donors (Lipinski definition) is 1. The summed E-state index contributed by atoms with van der Waals surface area (Å²) in [5.74, 6) is -1.39. The first-order valence-electron chi connectivity index (χ1n) is 4.35. The summed E-state index contributed by atoms with van der Waals surface area (Å²) < 4.78 is 0.654. The third kappa shape index (κ3) is 2.51. The van der Waals surface area contributed by atoms with Crippen molar-refractivity contribution in [2.24, 2.45) is 0 Å². The maximum absolute atomic E-state index is 11.0. The van der Waals surface area contributed by atoms with Gasteiger partial charge in [0.1, 0.15) is 12.2 Å². The van der Waals surface area contributed by atoms with Gasteiger partial charge in [-0.3, -0.25) is 4.79 Å². The van der Waals surface area contributed by atoms with Crippen molar-refractivity contribution in [2.75, 3.05) is 0 Å². The number of carboxylic acids is 1. The molecule has 0 amide bonds. The molecule has 5 heteroatoms. The first kappa shape index (κ1) is 11.1. The number of nitrogens with zero attached hydrogens (tertiary/aromatic N) is 2. The Morgan fingerprint density at radius 3 is 2.93 bits per heavy atom. The van der Waals surface area contributed by atoms with Gasteiger partial charge in [-0.05, 0) is 22.4 Å². The number of halogens is 1. The van der Waals surface area contributed by atoms with E-state index in [1.54, 1.807) is 6.20 Å². The van der Waals surface area contributed by atoms with Crippen molar-refractivity contribution in [3.63, 3.8) is 0 Å². The Bertz CT molecular complexity index is 330.